The molecule has 0 spiro atoms. The van der Waals surface area contributed by atoms with Gasteiger partial charge < -0.3 is 20.5 Å². The monoisotopic (exact) mass is 403 g/mol. The summed E-state index contributed by atoms with van der Waals surface area (Å²) in [6.07, 6.45) is 3.83. The fourth-order valence-corrected chi connectivity index (χ4v) is 4.92. The van der Waals surface area contributed by atoms with E-state index in [2.05, 4.69) is 19.2 Å². The first kappa shape index (κ1) is 21.3. The standard InChI is InChI=1S/C22H33N3O4/c1-13-6-8-15-18(25(13)21(27)29-5)11-10-17(19(15)23)24-14-7-9-16(20(26)28-4)22(2,3)12-14/h10-11,13-14,16,24H,6-9,12,23H2,1-5H3/t13-,14-,16-/m0/s1. The summed E-state index contributed by atoms with van der Waals surface area (Å²) in [7, 11) is 2.85. The Hall–Kier alpha value is -2.44. The first-order valence-electron chi connectivity index (χ1n) is 10.3. The summed E-state index contributed by atoms with van der Waals surface area (Å²) in [4.78, 5) is 26.0. The van der Waals surface area contributed by atoms with Crippen LogP contribution in [-0.2, 0) is 20.7 Å². The molecule has 3 atom stereocenters. The van der Waals surface area contributed by atoms with Crippen molar-refractivity contribution >= 4 is 29.1 Å². The third-order valence-corrected chi connectivity index (χ3v) is 6.58. The number of nitrogens with one attached hydrogen (secondary N) is 1. The Balaban J connectivity index is 1.80. The number of fused-ring (bicyclic) bond motifs is 1. The van der Waals surface area contributed by atoms with E-state index in [1.165, 1.54) is 14.2 Å². The number of methoxy groups -OCH3 is 2. The molecule has 1 aromatic carbocycles. The lowest BCUT2D eigenvalue weighted by atomic mass is 9.67. The van der Waals surface area contributed by atoms with Gasteiger partial charge in [0.05, 0.1) is 37.2 Å². The van der Waals surface area contributed by atoms with Crippen molar-refractivity contribution in [2.45, 2.75) is 65.0 Å². The molecule has 1 fully saturated rings. The molecule has 1 amide bonds. The zero-order valence-corrected chi connectivity index (χ0v) is 18.1. The summed E-state index contributed by atoms with van der Waals surface area (Å²) in [5.41, 5.74) is 9.76. The summed E-state index contributed by atoms with van der Waals surface area (Å²) in [6.45, 7) is 6.26. The van der Waals surface area contributed by atoms with Crippen LogP contribution in [0.5, 0.6) is 0 Å². The molecule has 1 saturated carbocycles. The summed E-state index contributed by atoms with van der Waals surface area (Å²) in [5.74, 6) is -0.208. The first-order chi connectivity index (χ1) is 13.7. The molecule has 0 aromatic heterocycles. The van der Waals surface area contributed by atoms with Crippen molar-refractivity contribution in [1.29, 1.82) is 0 Å². The van der Waals surface area contributed by atoms with Crippen molar-refractivity contribution in [3.05, 3.63) is 17.7 Å². The molecule has 1 aliphatic heterocycles. The van der Waals surface area contributed by atoms with Crippen molar-refractivity contribution in [2.75, 3.05) is 30.2 Å². The zero-order valence-electron chi connectivity index (χ0n) is 18.1. The number of amides is 1. The summed E-state index contributed by atoms with van der Waals surface area (Å²) in [6, 6.07) is 4.20. The van der Waals surface area contributed by atoms with Gasteiger partial charge in [-0.25, -0.2) is 4.79 Å². The number of hydrogen-bond donors (Lipinski definition) is 2. The molecule has 7 nitrogen and oxygen atoms in total. The third-order valence-electron chi connectivity index (χ3n) is 6.58. The molecule has 0 unspecified atom stereocenters. The quantitative estimate of drug-likeness (QED) is 0.586. The van der Waals surface area contributed by atoms with Crippen molar-refractivity contribution < 1.29 is 19.1 Å². The summed E-state index contributed by atoms with van der Waals surface area (Å²) in [5, 5.41) is 3.59. The van der Waals surface area contributed by atoms with Crippen molar-refractivity contribution in [3.8, 4) is 0 Å². The molecule has 7 heteroatoms. The van der Waals surface area contributed by atoms with Crippen molar-refractivity contribution in [2.24, 2.45) is 11.3 Å². The summed E-state index contributed by atoms with van der Waals surface area (Å²) >= 11 is 0. The average Bonchev–Trinajstić information content (AvgIpc) is 2.68. The SMILES string of the molecule is COC(=O)[C@@H]1CC[C@H](Nc2ccc3c(c2N)CC[C@H](C)N3C(=O)OC)CC1(C)C. The normalized spacial score (nSPS) is 25.7. The van der Waals surface area contributed by atoms with Gasteiger partial charge in [0.25, 0.3) is 0 Å². The number of carbonyl (C=O) groups excluding carboxylic acids is 2. The molecule has 0 bridgehead atoms. The molecular formula is C22H33N3O4. The van der Waals surface area contributed by atoms with Gasteiger partial charge in [-0.3, -0.25) is 9.69 Å². The molecule has 0 radical (unpaired) electrons. The van der Waals surface area contributed by atoms with E-state index in [0.717, 1.165) is 49.0 Å². The second kappa shape index (κ2) is 8.13. The Morgan fingerprint density at radius 1 is 1.17 bits per heavy atom. The molecule has 1 aliphatic carbocycles. The van der Waals surface area contributed by atoms with Gasteiger partial charge in [-0.15, -0.1) is 0 Å². The highest BCUT2D eigenvalue weighted by Crippen LogP contribution is 2.44. The number of carbonyl (C=O) groups is 2. The highest BCUT2D eigenvalue weighted by molar-refractivity contribution is 5.93. The predicted molar refractivity (Wildman–Crippen MR) is 114 cm³/mol. The highest BCUT2D eigenvalue weighted by atomic mass is 16.5. The van der Waals surface area contributed by atoms with Gasteiger partial charge in [0.2, 0.25) is 0 Å². The van der Waals surface area contributed by atoms with Gasteiger partial charge >= 0.3 is 12.1 Å². The van der Waals surface area contributed by atoms with E-state index in [-0.39, 0.29) is 35.5 Å². The maximum atomic E-state index is 12.2. The minimum Gasteiger partial charge on any atom is -0.469 e. The minimum atomic E-state index is -0.360. The molecule has 2 aliphatic rings. The van der Waals surface area contributed by atoms with E-state index in [1.807, 2.05) is 19.1 Å². The van der Waals surface area contributed by atoms with Crippen LogP contribution in [0, 0.1) is 11.3 Å². The molecule has 29 heavy (non-hydrogen) atoms. The maximum Gasteiger partial charge on any atom is 0.414 e. The highest BCUT2D eigenvalue weighted by Gasteiger charge is 2.41. The number of nitrogens with two attached hydrogens (primary N) is 1. The number of rotatable bonds is 3. The second-order valence-electron chi connectivity index (χ2n) is 8.94. The molecule has 3 N–H and O–H groups in total. The maximum absolute atomic E-state index is 12.2. The topological polar surface area (TPSA) is 93.9 Å². The van der Waals surface area contributed by atoms with Crippen LogP contribution in [0.15, 0.2) is 12.1 Å². The van der Waals surface area contributed by atoms with E-state index >= 15 is 0 Å². The molecule has 160 valence electrons. The Morgan fingerprint density at radius 2 is 1.90 bits per heavy atom. The van der Waals surface area contributed by atoms with Gasteiger partial charge in [-0.1, -0.05) is 13.8 Å². The smallest absolute Gasteiger partial charge is 0.414 e. The Kier molecular flexibility index (Phi) is 5.96. The molecule has 1 heterocycles. The van der Waals surface area contributed by atoms with Gasteiger partial charge in [0, 0.05) is 17.6 Å². The Labute approximate surface area is 172 Å². The molecule has 1 aromatic rings. The van der Waals surface area contributed by atoms with Crippen molar-refractivity contribution in [1.82, 2.24) is 0 Å². The number of anilines is 3. The fourth-order valence-electron chi connectivity index (χ4n) is 4.92. The van der Waals surface area contributed by atoms with E-state index in [1.54, 1.807) is 4.90 Å². The zero-order chi connectivity index (χ0) is 21.3. The molecule has 0 saturated heterocycles. The average molecular weight is 404 g/mol. The van der Waals surface area contributed by atoms with Crippen molar-refractivity contribution in [3.63, 3.8) is 0 Å². The lowest BCUT2D eigenvalue weighted by molar-refractivity contribution is -0.151. The van der Waals surface area contributed by atoms with Crippen LogP contribution in [0.1, 0.15) is 52.0 Å². The van der Waals surface area contributed by atoms with Crippen LogP contribution in [0.4, 0.5) is 21.9 Å². The number of nitrogen functional groups attached to an aromatic ring is 1. The molecule has 3 rings (SSSR count). The largest absolute Gasteiger partial charge is 0.469 e. The lowest BCUT2D eigenvalue weighted by Crippen LogP contribution is -2.43. The first-order valence-corrected chi connectivity index (χ1v) is 10.3. The van der Waals surface area contributed by atoms with Gasteiger partial charge in [0.1, 0.15) is 0 Å². The van der Waals surface area contributed by atoms with Crippen LogP contribution in [0.2, 0.25) is 0 Å². The van der Waals surface area contributed by atoms with E-state index in [0.29, 0.717) is 5.69 Å². The fraction of sp³-hybridized carbons (Fsp3) is 0.636. The van der Waals surface area contributed by atoms with E-state index in [4.69, 9.17) is 15.2 Å². The summed E-state index contributed by atoms with van der Waals surface area (Å²) < 4.78 is 9.95. The van der Waals surface area contributed by atoms with Crippen LogP contribution < -0.4 is 16.0 Å². The van der Waals surface area contributed by atoms with E-state index < -0.39 is 0 Å². The van der Waals surface area contributed by atoms with Gasteiger partial charge in [-0.2, -0.15) is 0 Å². The number of esters is 1. The number of nitrogens with zero attached hydrogens (tertiary/aromatic N) is 1. The van der Waals surface area contributed by atoms with E-state index in [9.17, 15) is 9.59 Å². The van der Waals surface area contributed by atoms with Crippen LogP contribution in [0.3, 0.4) is 0 Å². The Morgan fingerprint density at radius 3 is 2.52 bits per heavy atom. The number of benzene rings is 1. The lowest BCUT2D eigenvalue weighted by Gasteiger charge is -2.41. The van der Waals surface area contributed by atoms with Gasteiger partial charge in [0.15, 0.2) is 0 Å². The van der Waals surface area contributed by atoms with Gasteiger partial charge in [-0.05, 0) is 56.6 Å². The Bertz CT molecular complexity index is 793. The van der Waals surface area contributed by atoms with Crippen LogP contribution in [-0.4, -0.2) is 38.4 Å². The second-order valence-corrected chi connectivity index (χ2v) is 8.94. The van der Waals surface area contributed by atoms with Crippen LogP contribution in [0.25, 0.3) is 0 Å². The molecular weight excluding hydrogens is 370 g/mol. The predicted octanol–water partition coefficient (Wildman–Crippen LogP) is 3.96. The number of hydrogen-bond acceptors (Lipinski definition) is 6. The third kappa shape index (κ3) is 4.00. The number of ether oxygens (including phenoxy) is 2. The minimum absolute atomic E-state index is 0.0718. The van der Waals surface area contributed by atoms with Crippen LogP contribution >= 0.6 is 0 Å².